The van der Waals surface area contributed by atoms with Crippen LogP contribution in [0.15, 0.2) is 28.8 Å². The van der Waals surface area contributed by atoms with Gasteiger partial charge in [-0.25, -0.2) is 9.18 Å². The zero-order valence-corrected chi connectivity index (χ0v) is 11.2. The van der Waals surface area contributed by atoms with Crippen molar-refractivity contribution in [3.63, 3.8) is 0 Å². The number of hydrogen-bond acceptors (Lipinski definition) is 4. The average Bonchev–Trinajstić information content (AvgIpc) is 2.80. The summed E-state index contributed by atoms with van der Waals surface area (Å²) in [6.07, 6.45) is 0. The fourth-order valence-electron chi connectivity index (χ4n) is 1.91. The first-order valence-electron chi connectivity index (χ1n) is 6.16. The molecule has 0 bridgehead atoms. The van der Waals surface area contributed by atoms with Gasteiger partial charge in [0.2, 0.25) is 0 Å². The molecule has 0 aliphatic rings. The second-order valence-electron chi connectivity index (χ2n) is 4.54. The third-order valence-corrected chi connectivity index (χ3v) is 3.02. The molecule has 0 aliphatic heterocycles. The number of rotatable bonds is 5. The Hall–Kier alpha value is -2.21. The van der Waals surface area contributed by atoms with E-state index in [1.54, 1.807) is 26.0 Å². The van der Waals surface area contributed by atoms with Crippen molar-refractivity contribution in [3.8, 4) is 0 Å². The number of aromatic carboxylic acids is 1. The lowest BCUT2D eigenvalue weighted by Crippen LogP contribution is -2.19. The number of hydrogen-bond donors (Lipinski definition) is 2. The number of nitrogens with zero attached hydrogens (tertiary/aromatic N) is 1. The average molecular weight is 278 g/mol. The van der Waals surface area contributed by atoms with Crippen LogP contribution in [-0.2, 0) is 6.54 Å². The molecule has 20 heavy (non-hydrogen) atoms. The maximum atomic E-state index is 12.8. The van der Waals surface area contributed by atoms with Gasteiger partial charge in [-0.3, -0.25) is 0 Å². The summed E-state index contributed by atoms with van der Waals surface area (Å²) in [6.45, 7) is 3.85. The molecule has 0 amide bonds. The monoisotopic (exact) mass is 278 g/mol. The van der Waals surface area contributed by atoms with E-state index in [1.165, 1.54) is 12.1 Å². The lowest BCUT2D eigenvalue weighted by molar-refractivity contribution is 0.0692. The van der Waals surface area contributed by atoms with Crippen LogP contribution in [0.5, 0.6) is 0 Å². The van der Waals surface area contributed by atoms with E-state index in [0.29, 0.717) is 12.2 Å². The van der Waals surface area contributed by atoms with E-state index in [4.69, 9.17) is 9.63 Å². The quantitative estimate of drug-likeness (QED) is 0.879. The van der Waals surface area contributed by atoms with Gasteiger partial charge in [-0.1, -0.05) is 17.3 Å². The van der Waals surface area contributed by atoms with Gasteiger partial charge >= 0.3 is 5.97 Å². The lowest BCUT2D eigenvalue weighted by atomic mass is 10.1. The number of carbonyl (C=O) groups is 1. The topological polar surface area (TPSA) is 75.4 Å². The smallest absolute Gasteiger partial charge is 0.341 e. The molecule has 0 saturated heterocycles. The number of carboxylic acid groups (broad SMARTS) is 1. The van der Waals surface area contributed by atoms with E-state index in [2.05, 4.69) is 10.5 Å². The van der Waals surface area contributed by atoms with Crippen molar-refractivity contribution >= 4 is 5.97 Å². The Morgan fingerprint density at radius 2 is 2.10 bits per heavy atom. The predicted octanol–water partition coefficient (Wildman–Crippen LogP) is 2.67. The molecular weight excluding hydrogens is 263 g/mol. The summed E-state index contributed by atoms with van der Waals surface area (Å²) >= 11 is 0. The Labute approximate surface area is 115 Å². The van der Waals surface area contributed by atoms with Crippen LogP contribution in [0.25, 0.3) is 0 Å². The van der Waals surface area contributed by atoms with Crippen LogP contribution >= 0.6 is 0 Å². The number of benzene rings is 1. The van der Waals surface area contributed by atoms with Crippen LogP contribution in [0.1, 0.15) is 40.3 Å². The normalized spacial score (nSPS) is 12.3. The minimum Gasteiger partial charge on any atom is -0.477 e. The summed E-state index contributed by atoms with van der Waals surface area (Å²) in [6, 6.07) is 5.77. The van der Waals surface area contributed by atoms with E-state index < -0.39 is 5.97 Å². The molecule has 1 aromatic carbocycles. The van der Waals surface area contributed by atoms with Gasteiger partial charge in [-0.05, 0) is 31.5 Å². The van der Waals surface area contributed by atoms with E-state index in [9.17, 15) is 9.18 Å². The van der Waals surface area contributed by atoms with E-state index in [1.807, 2.05) is 0 Å². The maximum Gasteiger partial charge on any atom is 0.341 e. The summed E-state index contributed by atoms with van der Waals surface area (Å²) in [4.78, 5) is 11.2. The molecule has 1 unspecified atom stereocenters. The molecule has 2 aromatic rings. The molecule has 106 valence electrons. The van der Waals surface area contributed by atoms with Crippen LogP contribution < -0.4 is 5.32 Å². The van der Waals surface area contributed by atoms with Crippen LogP contribution in [0.3, 0.4) is 0 Å². The van der Waals surface area contributed by atoms with E-state index >= 15 is 0 Å². The standard InChI is InChI=1S/C14H15FN2O3/c1-8-12(14(18)19)13(20-17-8)9(2)16-7-10-3-5-11(15)6-4-10/h3-6,9,16H,7H2,1-2H3,(H,18,19). The molecule has 5 nitrogen and oxygen atoms in total. The van der Waals surface area contributed by atoms with Gasteiger partial charge in [0.05, 0.1) is 11.7 Å². The Morgan fingerprint density at radius 3 is 2.70 bits per heavy atom. The second-order valence-corrected chi connectivity index (χ2v) is 4.54. The molecule has 6 heteroatoms. The molecule has 0 fully saturated rings. The van der Waals surface area contributed by atoms with Gasteiger partial charge in [0.15, 0.2) is 5.76 Å². The number of halogens is 1. The molecule has 0 saturated carbocycles. The SMILES string of the molecule is Cc1noc(C(C)NCc2ccc(F)cc2)c1C(=O)O. The molecular formula is C14H15FN2O3. The first-order valence-corrected chi connectivity index (χ1v) is 6.16. The highest BCUT2D eigenvalue weighted by molar-refractivity contribution is 5.90. The van der Waals surface area contributed by atoms with Gasteiger partial charge in [-0.2, -0.15) is 0 Å². The summed E-state index contributed by atoms with van der Waals surface area (Å²) in [5.41, 5.74) is 1.33. The van der Waals surface area contributed by atoms with Crippen molar-refractivity contribution in [2.45, 2.75) is 26.4 Å². The minimum absolute atomic E-state index is 0.0871. The zero-order chi connectivity index (χ0) is 14.7. The molecule has 1 atom stereocenters. The zero-order valence-electron chi connectivity index (χ0n) is 11.2. The van der Waals surface area contributed by atoms with Crippen molar-refractivity contribution in [3.05, 3.63) is 52.7 Å². The molecule has 1 heterocycles. The van der Waals surface area contributed by atoms with Gasteiger partial charge in [0.1, 0.15) is 11.4 Å². The van der Waals surface area contributed by atoms with Crippen molar-refractivity contribution < 1.29 is 18.8 Å². The predicted molar refractivity (Wildman–Crippen MR) is 69.9 cm³/mol. The lowest BCUT2D eigenvalue weighted by Gasteiger charge is -2.11. The fraction of sp³-hybridized carbons (Fsp3) is 0.286. The van der Waals surface area contributed by atoms with Gasteiger partial charge in [0.25, 0.3) is 0 Å². The second kappa shape index (κ2) is 5.83. The highest BCUT2D eigenvalue weighted by Crippen LogP contribution is 2.21. The first-order chi connectivity index (χ1) is 9.49. The van der Waals surface area contributed by atoms with Crippen molar-refractivity contribution in [2.24, 2.45) is 0 Å². The number of aromatic nitrogens is 1. The summed E-state index contributed by atoms with van der Waals surface area (Å²) in [5, 5.41) is 15.9. The molecule has 0 spiro atoms. The van der Waals surface area contributed by atoms with Crippen LogP contribution in [0.4, 0.5) is 4.39 Å². The largest absolute Gasteiger partial charge is 0.477 e. The summed E-state index contributed by atoms with van der Waals surface area (Å²) in [5.74, 6) is -1.06. The van der Waals surface area contributed by atoms with Crippen molar-refractivity contribution in [2.75, 3.05) is 0 Å². The van der Waals surface area contributed by atoms with Gasteiger partial charge in [-0.15, -0.1) is 0 Å². The Balaban J connectivity index is 2.07. The highest BCUT2D eigenvalue weighted by atomic mass is 19.1. The fourth-order valence-corrected chi connectivity index (χ4v) is 1.91. The molecule has 0 aliphatic carbocycles. The third-order valence-electron chi connectivity index (χ3n) is 3.02. The number of carboxylic acids is 1. The van der Waals surface area contributed by atoms with Gasteiger partial charge in [0, 0.05) is 6.54 Å². The molecule has 0 radical (unpaired) electrons. The van der Waals surface area contributed by atoms with E-state index in [0.717, 1.165) is 5.56 Å². The van der Waals surface area contributed by atoms with Crippen LogP contribution in [0, 0.1) is 12.7 Å². The van der Waals surface area contributed by atoms with Crippen molar-refractivity contribution in [1.82, 2.24) is 10.5 Å². The highest BCUT2D eigenvalue weighted by Gasteiger charge is 2.23. The minimum atomic E-state index is -1.06. The van der Waals surface area contributed by atoms with Gasteiger partial charge < -0.3 is 14.9 Å². The molecule has 1 aromatic heterocycles. The van der Waals surface area contributed by atoms with E-state index in [-0.39, 0.29) is 23.2 Å². The Bertz CT molecular complexity index is 607. The maximum absolute atomic E-state index is 12.8. The Kier molecular flexibility index (Phi) is 4.14. The third kappa shape index (κ3) is 3.03. The number of aryl methyl sites for hydroxylation is 1. The first kappa shape index (κ1) is 14.2. The summed E-state index contributed by atoms with van der Waals surface area (Å²) in [7, 11) is 0. The molecule has 2 N–H and O–H groups in total. The van der Waals surface area contributed by atoms with Crippen LogP contribution in [-0.4, -0.2) is 16.2 Å². The molecule has 2 rings (SSSR count). The van der Waals surface area contributed by atoms with Crippen molar-refractivity contribution in [1.29, 1.82) is 0 Å². The summed E-state index contributed by atoms with van der Waals surface area (Å²) < 4.78 is 17.9. The van der Waals surface area contributed by atoms with Crippen LogP contribution in [0.2, 0.25) is 0 Å². The Morgan fingerprint density at radius 1 is 1.45 bits per heavy atom. The number of nitrogens with one attached hydrogen (secondary N) is 1.